The molecule has 0 fully saturated rings. The summed E-state index contributed by atoms with van der Waals surface area (Å²) in [5.74, 6) is 0.407. The van der Waals surface area contributed by atoms with Crippen LogP contribution in [-0.2, 0) is 11.3 Å². The smallest absolute Gasteiger partial charge is 0.224 e. The normalized spacial score (nSPS) is 10.6. The second kappa shape index (κ2) is 9.64. The molecule has 150 valence electrons. The number of anilines is 1. The van der Waals surface area contributed by atoms with Crippen LogP contribution in [0.2, 0.25) is 0 Å². The van der Waals surface area contributed by atoms with Gasteiger partial charge in [0.1, 0.15) is 25.0 Å². The summed E-state index contributed by atoms with van der Waals surface area (Å²) in [7, 11) is 0. The maximum absolute atomic E-state index is 12.3. The van der Waals surface area contributed by atoms with Gasteiger partial charge in [0.2, 0.25) is 5.91 Å². The molecule has 0 aliphatic carbocycles. The minimum Gasteiger partial charge on any atom is -0.492 e. The molecule has 7 nitrogen and oxygen atoms in total. The Kier molecular flexibility index (Phi) is 6.73. The van der Waals surface area contributed by atoms with E-state index in [1.807, 2.05) is 38.1 Å². The molecule has 2 aromatic carbocycles. The van der Waals surface area contributed by atoms with Crippen LogP contribution < -0.4 is 10.1 Å². The highest BCUT2D eigenvalue weighted by Gasteiger charge is 2.11. The summed E-state index contributed by atoms with van der Waals surface area (Å²) in [6, 6.07) is 12.8. The number of aryl methyl sites for hydroxylation is 2. The Morgan fingerprint density at radius 1 is 1.07 bits per heavy atom. The molecular formula is C22H24N4O3. The van der Waals surface area contributed by atoms with Crippen LogP contribution in [-0.4, -0.2) is 33.1 Å². The van der Waals surface area contributed by atoms with Crippen molar-refractivity contribution < 1.29 is 14.3 Å². The fraction of sp³-hybridized carbons (Fsp3) is 0.273. The van der Waals surface area contributed by atoms with Gasteiger partial charge < -0.3 is 10.1 Å². The number of nitrogens with zero attached hydrogens (tertiary/aromatic N) is 3. The molecule has 0 bridgehead atoms. The number of hydrogen-bond acceptors (Lipinski definition) is 5. The summed E-state index contributed by atoms with van der Waals surface area (Å²) in [6.45, 7) is 4.99. The van der Waals surface area contributed by atoms with Crippen molar-refractivity contribution in [3.05, 3.63) is 71.8 Å². The lowest BCUT2D eigenvalue weighted by Crippen LogP contribution is -2.14. The molecule has 0 radical (unpaired) electrons. The Morgan fingerprint density at radius 3 is 2.69 bits per heavy atom. The van der Waals surface area contributed by atoms with Gasteiger partial charge in [0.25, 0.3) is 0 Å². The topological polar surface area (TPSA) is 86.1 Å². The Bertz CT molecular complexity index is 983. The predicted octanol–water partition coefficient (Wildman–Crippen LogP) is 3.58. The van der Waals surface area contributed by atoms with Crippen molar-refractivity contribution in [3.8, 4) is 5.75 Å². The highest BCUT2D eigenvalue weighted by molar-refractivity contribution is 6.00. The van der Waals surface area contributed by atoms with Crippen LogP contribution in [0, 0.1) is 13.8 Å². The zero-order valence-electron chi connectivity index (χ0n) is 16.6. The van der Waals surface area contributed by atoms with Crippen molar-refractivity contribution in [1.82, 2.24) is 14.8 Å². The van der Waals surface area contributed by atoms with Gasteiger partial charge in [-0.15, -0.1) is 0 Å². The molecule has 0 aliphatic rings. The van der Waals surface area contributed by atoms with E-state index < -0.39 is 0 Å². The first-order chi connectivity index (χ1) is 14.0. The number of ether oxygens (including phenoxy) is 1. The third kappa shape index (κ3) is 6.00. The minimum atomic E-state index is -0.207. The van der Waals surface area contributed by atoms with Crippen LogP contribution >= 0.6 is 0 Å². The number of nitrogens with one attached hydrogen (secondary N) is 1. The average Bonchev–Trinajstić information content (AvgIpc) is 3.22. The van der Waals surface area contributed by atoms with Crippen LogP contribution in [0.1, 0.15) is 34.3 Å². The van der Waals surface area contributed by atoms with E-state index in [0.717, 1.165) is 11.1 Å². The predicted molar refractivity (Wildman–Crippen MR) is 110 cm³/mol. The maximum atomic E-state index is 12.3. The zero-order chi connectivity index (χ0) is 20.6. The second-order valence-electron chi connectivity index (χ2n) is 6.81. The number of amides is 1. The fourth-order valence-electron chi connectivity index (χ4n) is 2.78. The van der Waals surface area contributed by atoms with Crippen molar-refractivity contribution >= 4 is 17.4 Å². The average molecular weight is 392 g/mol. The highest BCUT2D eigenvalue weighted by atomic mass is 16.5. The van der Waals surface area contributed by atoms with E-state index >= 15 is 0 Å². The van der Waals surface area contributed by atoms with Gasteiger partial charge in [-0.25, -0.2) is 9.67 Å². The molecule has 7 heteroatoms. The lowest BCUT2D eigenvalue weighted by atomic mass is 10.0. The molecule has 0 unspecified atom stereocenters. The van der Waals surface area contributed by atoms with Crippen LogP contribution in [0.4, 0.5) is 5.69 Å². The Labute approximate surface area is 169 Å². The molecule has 0 saturated heterocycles. The first-order valence-corrected chi connectivity index (χ1v) is 9.47. The number of carbonyl (C=O) groups excluding carboxylic acids is 2. The molecule has 29 heavy (non-hydrogen) atoms. The maximum Gasteiger partial charge on any atom is 0.224 e. The largest absolute Gasteiger partial charge is 0.492 e. The Morgan fingerprint density at radius 2 is 1.93 bits per heavy atom. The fourth-order valence-corrected chi connectivity index (χ4v) is 2.78. The van der Waals surface area contributed by atoms with Gasteiger partial charge in [-0.2, -0.15) is 5.10 Å². The lowest BCUT2D eigenvalue weighted by Gasteiger charge is -2.09. The summed E-state index contributed by atoms with van der Waals surface area (Å²) in [6.07, 6.45) is 3.39. The van der Waals surface area contributed by atoms with Crippen LogP contribution in [0.25, 0.3) is 0 Å². The standard InChI is InChI=1S/C22H24N4O3/c1-16-6-7-18(12-17(16)2)21(27)8-9-22(28)25-19-4-3-5-20(13-19)29-11-10-26-15-23-14-24-26/h3-7,12-15H,8-11H2,1-2H3,(H,25,28). The molecule has 0 aliphatic heterocycles. The van der Waals surface area contributed by atoms with Gasteiger partial charge >= 0.3 is 0 Å². The van der Waals surface area contributed by atoms with Gasteiger partial charge in [0.15, 0.2) is 5.78 Å². The number of rotatable bonds is 9. The zero-order valence-corrected chi connectivity index (χ0v) is 16.6. The van der Waals surface area contributed by atoms with E-state index in [0.29, 0.717) is 30.2 Å². The van der Waals surface area contributed by atoms with Crippen LogP contribution in [0.5, 0.6) is 5.75 Å². The van der Waals surface area contributed by atoms with Gasteiger partial charge in [0.05, 0.1) is 6.54 Å². The monoisotopic (exact) mass is 392 g/mol. The number of Topliss-reactive ketones (excluding diaryl/α,β-unsaturated/α-hetero) is 1. The van der Waals surface area contributed by atoms with Crippen molar-refractivity contribution in [2.45, 2.75) is 33.2 Å². The van der Waals surface area contributed by atoms with E-state index in [1.54, 1.807) is 29.2 Å². The second-order valence-corrected chi connectivity index (χ2v) is 6.81. The van der Waals surface area contributed by atoms with Crippen LogP contribution in [0.15, 0.2) is 55.1 Å². The summed E-state index contributed by atoms with van der Waals surface area (Å²) in [5, 5.41) is 6.83. The van der Waals surface area contributed by atoms with E-state index in [9.17, 15) is 9.59 Å². The van der Waals surface area contributed by atoms with Crippen LogP contribution in [0.3, 0.4) is 0 Å². The first kappa shape index (κ1) is 20.3. The van der Waals surface area contributed by atoms with Gasteiger partial charge in [-0.3, -0.25) is 9.59 Å². The molecule has 0 spiro atoms. The van der Waals surface area contributed by atoms with Crippen molar-refractivity contribution in [2.75, 3.05) is 11.9 Å². The summed E-state index contributed by atoms with van der Waals surface area (Å²) < 4.78 is 7.36. The molecule has 1 heterocycles. The number of aromatic nitrogens is 3. The summed E-state index contributed by atoms with van der Waals surface area (Å²) in [4.78, 5) is 28.4. The van der Waals surface area contributed by atoms with Gasteiger partial charge in [0, 0.05) is 30.2 Å². The molecule has 0 atom stereocenters. The summed E-state index contributed by atoms with van der Waals surface area (Å²) in [5.41, 5.74) is 3.49. The number of ketones is 1. The van der Waals surface area contributed by atoms with Gasteiger partial charge in [-0.05, 0) is 43.2 Å². The Balaban J connectivity index is 1.47. The van der Waals surface area contributed by atoms with Crippen molar-refractivity contribution in [1.29, 1.82) is 0 Å². The van der Waals surface area contributed by atoms with Gasteiger partial charge in [-0.1, -0.05) is 18.2 Å². The number of carbonyl (C=O) groups is 2. The highest BCUT2D eigenvalue weighted by Crippen LogP contribution is 2.18. The van der Waals surface area contributed by atoms with Crippen molar-refractivity contribution in [2.24, 2.45) is 0 Å². The number of hydrogen-bond donors (Lipinski definition) is 1. The van der Waals surface area contributed by atoms with E-state index in [4.69, 9.17) is 4.74 Å². The molecule has 3 aromatic rings. The Hall–Kier alpha value is -3.48. The molecule has 3 rings (SSSR count). The number of benzene rings is 2. The van der Waals surface area contributed by atoms with E-state index in [2.05, 4.69) is 15.4 Å². The SMILES string of the molecule is Cc1ccc(C(=O)CCC(=O)Nc2cccc(OCCn3cncn3)c2)cc1C. The summed E-state index contributed by atoms with van der Waals surface area (Å²) >= 11 is 0. The third-order valence-electron chi connectivity index (χ3n) is 4.58. The lowest BCUT2D eigenvalue weighted by molar-refractivity contribution is -0.116. The van der Waals surface area contributed by atoms with E-state index in [1.165, 1.54) is 6.33 Å². The molecule has 1 amide bonds. The molecule has 0 saturated carbocycles. The minimum absolute atomic E-state index is 0.0338. The quantitative estimate of drug-likeness (QED) is 0.563. The van der Waals surface area contributed by atoms with Crippen molar-refractivity contribution in [3.63, 3.8) is 0 Å². The third-order valence-corrected chi connectivity index (χ3v) is 4.58. The molecule has 1 N–H and O–H groups in total. The van der Waals surface area contributed by atoms with E-state index in [-0.39, 0.29) is 24.5 Å². The molecule has 1 aromatic heterocycles. The molecular weight excluding hydrogens is 368 g/mol. The first-order valence-electron chi connectivity index (χ1n) is 9.47.